The summed E-state index contributed by atoms with van der Waals surface area (Å²) in [5.41, 5.74) is 1.41. The molecule has 7 nitrogen and oxygen atoms in total. The van der Waals surface area contributed by atoms with Gasteiger partial charge in [0.2, 0.25) is 11.7 Å². The normalized spacial score (nSPS) is 16.1. The number of ether oxygens (including phenoxy) is 1. The van der Waals surface area contributed by atoms with E-state index in [-0.39, 0.29) is 11.9 Å². The first-order chi connectivity index (χ1) is 14.1. The van der Waals surface area contributed by atoms with E-state index in [0.717, 1.165) is 6.42 Å². The molecule has 148 valence electrons. The van der Waals surface area contributed by atoms with Gasteiger partial charge in [0.1, 0.15) is 6.04 Å². The number of nitrogens with zero attached hydrogens (tertiary/aromatic N) is 3. The molecule has 8 heteroatoms. The van der Waals surface area contributed by atoms with E-state index in [1.807, 2.05) is 18.2 Å². The number of halogens is 1. The highest BCUT2D eigenvalue weighted by molar-refractivity contribution is 6.33. The highest BCUT2D eigenvalue weighted by Gasteiger charge is 2.35. The zero-order valence-corrected chi connectivity index (χ0v) is 16.4. The highest BCUT2D eigenvalue weighted by atomic mass is 35.5. The predicted molar refractivity (Wildman–Crippen MR) is 106 cm³/mol. The van der Waals surface area contributed by atoms with Gasteiger partial charge in [-0.05, 0) is 43.2 Å². The molecule has 1 aliphatic rings. The molecule has 0 saturated carbocycles. The van der Waals surface area contributed by atoms with Crippen molar-refractivity contribution in [1.29, 1.82) is 0 Å². The number of esters is 1. The number of rotatable bonds is 4. The van der Waals surface area contributed by atoms with Crippen molar-refractivity contribution >= 4 is 23.5 Å². The molecular weight excluding hydrogens is 394 g/mol. The second-order valence-corrected chi connectivity index (χ2v) is 7.07. The monoisotopic (exact) mass is 411 g/mol. The van der Waals surface area contributed by atoms with E-state index in [1.165, 1.54) is 13.2 Å². The van der Waals surface area contributed by atoms with E-state index in [1.54, 1.807) is 29.2 Å². The fourth-order valence-electron chi connectivity index (χ4n) is 3.45. The molecule has 0 radical (unpaired) electrons. The second kappa shape index (κ2) is 8.05. The lowest BCUT2D eigenvalue weighted by atomic mass is 10.1. The first kappa shape index (κ1) is 19.1. The van der Waals surface area contributed by atoms with Crippen LogP contribution in [0.5, 0.6) is 0 Å². The summed E-state index contributed by atoms with van der Waals surface area (Å²) in [5.74, 6) is 0.0714. The molecule has 1 aliphatic heterocycles. The van der Waals surface area contributed by atoms with Crippen LogP contribution in [0.15, 0.2) is 53.1 Å². The van der Waals surface area contributed by atoms with Crippen LogP contribution in [0.2, 0.25) is 5.02 Å². The number of hydrogen-bond acceptors (Lipinski definition) is 6. The standard InChI is InChI=1S/C21H18ClN3O4/c1-28-21(27)14-7-4-6-13(12-14)20(26)25-11-5-10-17(25)19-23-18(24-29-19)15-8-2-3-9-16(15)22/h2-4,6-9,12,17H,5,10-11H2,1H3/t17-/m0/s1. The van der Waals surface area contributed by atoms with Crippen LogP contribution in [0.25, 0.3) is 11.4 Å². The Bertz CT molecular complexity index is 1070. The lowest BCUT2D eigenvalue weighted by Gasteiger charge is -2.22. The molecular formula is C21H18ClN3O4. The third-order valence-electron chi connectivity index (χ3n) is 4.89. The van der Waals surface area contributed by atoms with Crippen LogP contribution in [-0.2, 0) is 4.74 Å². The Balaban J connectivity index is 1.59. The quantitative estimate of drug-likeness (QED) is 0.599. The minimum absolute atomic E-state index is 0.198. The van der Waals surface area contributed by atoms with Crippen LogP contribution in [0.1, 0.15) is 45.5 Å². The fraction of sp³-hybridized carbons (Fsp3) is 0.238. The lowest BCUT2D eigenvalue weighted by molar-refractivity contribution is 0.0600. The SMILES string of the molecule is COC(=O)c1cccc(C(=O)N2CCC[C@H]2c2nc(-c3ccccc3Cl)no2)c1. The van der Waals surface area contributed by atoms with E-state index in [0.29, 0.717) is 46.4 Å². The van der Waals surface area contributed by atoms with Crippen LogP contribution in [-0.4, -0.2) is 40.6 Å². The van der Waals surface area contributed by atoms with Gasteiger partial charge < -0.3 is 14.2 Å². The molecule has 1 saturated heterocycles. The van der Waals surface area contributed by atoms with E-state index in [4.69, 9.17) is 20.9 Å². The lowest BCUT2D eigenvalue weighted by Crippen LogP contribution is -2.30. The number of aromatic nitrogens is 2. The summed E-state index contributed by atoms with van der Waals surface area (Å²) in [6.45, 7) is 0.565. The Morgan fingerprint density at radius 2 is 1.97 bits per heavy atom. The van der Waals surface area contributed by atoms with Gasteiger partial charge in [0.15, 0.2) is 0 Å². The summed E-state index contributed by atoms with van der Waals surface area (Å²) in [5, 5.41) is 4.56. The summed E-state index contributed by atoms with van der Waals surface area (Å²) < 4.78 is 10.2. The van der Waals surface area contributed by atoms with Crippen LogP contribution >= 0.6 is 11.6 Å². The summed E-state index contributed by atoms with van der Waals surface area (Å²) in [6, 6.07) is 13.4. The molecule has 2 aromatic carbocycles. The van der Waals surface area contributed by atoms with E-state index >= 15 is 0 Å². The number of benzene rings is 2. The smallest absolute Gasteiger partial charge is 0.337 e. The highest BCUT2D eigenvalue weighted by Crippen LogP contribution is 2.34. The van der Waals surface area contributed by atoms with Crippen molar-refractivity contribution in [1.82, 2.24) is 15.0 Å². The second-order valence-electron chi connectivity index (χ2n) is 6.67. The molecule has 29 heavy (non-hydrogen) atoms. The topological polar surface area (TPSA) is 85.5 Å². The number of hydrogen-bond donors (Lipinski definition) is 0. The molecule has 0 N–H and O–H groups in total. The number of carbonyl (C=O) groups is 2. The van der Waals surface area contributed by atoms with E-state index in [9.17, 15) is 9.59 Å². The average Bonchev–Trinajstić information content (AvgIpc) is 3.42. The van der Waals surface area contributed by atoms with Gasteiger partial charge >= 0.3 is 5.97 Å². The third-order valence-corrected chi connectivity index (χ3v) is 5.22. The van der Waals surface area contributed by atoms with Gasteiger partial charge in [-0.3, -0.25) is 4.79 Å². The third kappa shape index (κ3) is 3.73. The number of likely N-dealkylation sites (tertiary alicyclic amines) is 1. The summed E-state index contributed by atoms with van der Waals surface area (Å²) in [6.07, 6.45) is 1.53. The average molecular weight is 412 g/mol. The van der Waals surface area contributed by atoms with Crippen molar-refractivity contribution in [3.05, 3.63) is 70.6 Å². The van der Waals surface area contributed by atoms with Crippen molar-refractivity contribution in [2.75, 3.05) is 13.7 Å². The predicted octanol–water partition coefficient (Wildman–Crippen LogP) is 4.15. The molecule has 3 aromatic rings. The Hall–Kier alpha value is -3.19. The maximum Gasteiger partial charge on any atom is 0.337 e. The van der Waals surface area contributed by atoms with Gasteiger partial charge in [0, 0.05) is 17.7 Å². The minimum Gasteiger partial charge on any atom is -0.465 e. The summed E-state index contributed by atoms with van der Waals surface area (Å²) in [4.78, 5) is 31.0. The zero-order valence-electron chi connectivity index (χ0n) is 15.7. The summed E-state index contributed by atoms with van der Waals surface area (Å²) >= 11 is 6.22. The minimum atomic E-state index is -0.487. The van der Waals surface area contributed by atoms with Gasteiger partial charge in [-0.15, -0.1) is 0 Å². The Morgan fingerprint density at radius 3 is 2.76 bits per heavy atom. The number of carbonyl (C=O) groups excluding carboxylic acids is 2. The van der Waals surface area contributed by atoms with Crippen molar-refractivity contribution < 1.29 is 18.8 Å². The maximum absolute atomic E-state index is 13.1. The van der Waals surface area contributed by atoms with Crippen molar-refractivity contribution in [2.24, 2.45) is 0 Å². The van der Waals surface area contributed by atoms with Crippen molar-refractivity contribution in [2.45, 2.75) is 18.9 Å². The molecule has 0 aliphatic carbocycles. The summed E-state index contributed by atoms with van der Waals surface area (Å²) in [7, 11) is 1.31. The van der Waals surface area contributed by atoms with Gasteiger partial charge in [0.25, 0.3) is 5.91 Å². The maximum atomic E-state index is 13.1. The van der Waals surface area contributed by atoms with Crippen molar-refractivity contribution in [3.63, 3.8) is 0 Å². The Kier molecular flexibility index (Phi) is 5.31. The largest absolute Gasteiger partial charge is 0.465 e. The number of methoxy groups -OCH3 is 1. The molecule has 2 heterocycles. The molecule has 0 bridgehead atoms. The molecule has 0 spiro atoms. The molecule has 1 amide bonds. The van der Waals surface area contributed by atoms with Crippen LogP contribution < -0.4 is 0 Å². The van der Waals surface area contributed by atoms with Crippen LogP contribution in [0.3, 0.4) is 0 Å². The van der Waals surface area contributed by atoms with Gasteiger partial charge in [0.05, 0.1) is 17.7 Å². The molecule has 1 fully saturated rings. The molecule has 0 unspecified atom stereocenters. The molecule has 1 aromatic heterocycles. The first-order valence-corrected chi connectivity index (χ1v) is 9.54. The Morgan fingerprint density at radius 1 is 1.17 bits per heavy atom. The van der Waals surface area contributed by atoms with Gasteiger partial charge in [-0.25, -0.2) is 4.79 Å². The van der Waals surface area contributed by atoms with E-state index < -0.39 is 5.97 Å². The van der Waals surface area contributed by atoms with Gasteiger partial charge in [-0.2, -0.15) is 4.98 Å². The van der Waals surface area contributed by atoms with Crippen LogP contribution in [0, 0.1) is 0 Å². The first-order valence-electron chi connectivity index (χ1n) is 9.16. The Labute approximate surface area is 172 Å². The van der Waals surface area contributed by atoms with Crippen LogP contribution in [0.4, 0.5) is 0 Å². The zero-order chi connectivity index (χ0) is 20.4. The fourth-order valence-corrected chi connectivity index (χ4v) is 3.67. The molecule has 4 rings (SSSR count). The van der Waals surface area contributed by atoms with E-state index in [2.05, 4.69) is 10.1 Å². The van der Waals surface area contributed by atoms with Gasteiger partial charge in [-0.1, -0.05) is 35.0 Å². The van der Waals surface area contributed by atoms with Crippen molar-refractivity contribution in [3.8, 4) is 11.4 Å². The number of amides is 1. The molecule has 1 atom stereocenters.